The number of nitrogens with zero attached hydrogens (tertiary/aromatic N) is 2. The van der Waals surface area contributed by atoms with Crippen LogP contribution < -0.4 is 0 Å². The molecule has 1 aliphatic heterocycles. The van der Waals surface area contributed by atoms with Gasteiger partial charge in [0.2, 0.25) is 5.91 Å². The summed E-state index contributed by atoms with van der Waals surface area (Å²) in [4.78, 5) is 15.9. The van der Waals surface area contributed by atoms with E-state index >= 15 is 0 Å². The number of hydrogen-bond donors (Lipinski definition) is 0. The summed E-state index contributed by atoms with van der Waals surface area (Å²) in [5.74, 6) is 0.121. The largest absolute Gasteiger partial charge is 0.375 e. The van der Waals surface area contributed by atoms with Crippen molar-refractivity contribution in [2.75, 3.05) is 46.4 Å². The van der Waals surface area contributed by atoms with Gasteiger partial charge in [-0.25, -0.2) is 0 Å². The van der Waals surface area contributed by atoms with Crippen LogP contribution in [0.4, 0.5) is 0 Å². The molecule has 0 spiro atoms. The molecule has 4 heteroatoms. The molecule has 0 aromatic carbocycles. The molecule has 0 radical (unpaired) electrons. The third-order valence-electron chi connectivity index (χ3n) is 2.75. The minimum atomic E-state index is 0.121. The zero-order chi connectivity index (χ0) is 11.1. The Morgan fingerprint density at radius 3 is 2.73 bits per heavy atom. The van der Waals surface area contributed by atoms with Crippen LogP contribution in [0, 0.1) is 0 Å². The van der Waals surface area contributed by atoms with Gasteiger partial charge in [-0.2, -0.15) is 0 Å². The first-order valence-corrected chi connectivity index (χ1v) is 5.77. The fourth-order valence-corrected chi connectivity index (χ4v) is 1.97. The van der Waals surface area contributed by atoms with Crippen molar-refractivity contribution >= 4 is 5.91 Å². The van der Waals surface area contributed by atoms with Crippen LogP contribution in [0.1, 0.15) is 19.8 Å². The lowest BCUT2D eigenvalue weighted by Gasteiger charge is -2.21. The third-order valence-corrected chi connectivity index (χ3v) is 2.75. The Morgan fingerprint density at radius 2 is 2.07 bits per heavy atom. The van der Waals surface area contributed by atoms with Gasteiger partial charge >= 0.3 is 0 Å². The minimum Gasteiger partial charge on any atom is -0.375 e. The summed E-state index contributed by atoms with van der Waals surface area (Å²) in [6, 6.07) is 0. The van der Waals surface area contributed by atoms with E-state index in [-0.39, 0.29) is 12.5 Å². The monoisotopic (exact) mass is 214 g/mol. The van der Waals surface area contributed by atoms with Crippen LogP contribution in [0.2, 0.25) is 0 Å². The van der Waals surface area contributed by atoms with Crippen molar-refractivity contribution in [2.24, 2.45) is 0 Å². The molecule has 88 valence electrons. The highest BCUT2D eigenvalue weighted by molar-refractivity contribution is 5.77. The molecule has 1 aliphatic rings. The van der Waals surface area contributed by atoms with E-state index in [4.69, 9.17) is 4.74 Å². The molecule has 0 aliphatic carbocycles. The summed E-state index contributed by atoms with van der Waals surface area (Å²) in [6.45, 7) is 7.40. The quantitative estimate of drug-likeness (QED) is 0.686. The maximum atomic E-state index is 11.6. The Balaban J connectivity index is 2.35. The molecule has 15 heavy (non-hydrogen) atoms. The zero-order valence-corrected chi connectivity index (χ0v) is 9.87. The average Bonchev–Trinajstić information content (AvgIpc) is 2.44. The second-order valence-corrected chi connectivity index (χ2v) is 4.01. The Kier molecular flexibility index (Phi) is 5.65. The Morgan fingerprint density at radius 1 is 1.27 bits per heavy atom. The van der Waals surface area contributed by atoms with Crippen molar-refractivity contribution in [3.8, 4) is 0 Å². The predicted octanol–water partition coefficient (Wildman–Crippen LogP) is 0.577. The van der Waals surface area contributed by atoms with Crippen molar-refractivity contribution in [3.05, 3.63) is 0 Å². The summed E-state index contributed by atoms with van der Waals surface area (Å²) in [5.41, 5.74) is 0. The summed E-state index contributed by atoms with van der Waals surface area (Å²) < 4.78 is 4.87. The van der Waals surface area contributed by atoms with E-state index in [9.17, 15) is 4.79 Å². The van der Waals surface area contributed by atoms with Gasteiger partial charge in [0.25, 0.3) is 0 Å². The molecule has 0 atom stereocenters. The highest BCUT2D eigenvalue weighted by Gasteiger charge is 2.17. The van der Waals surface area contributed by atoms with Gasteiger partial charge in [-0.3, -0.25) is 4.79 Å². The molecule has 0 bridgehead atoms. The van der Waals surface area contributed by atoms with E-state index < -0.39 is 0 Å². The van der Waals surface area contributed by atoms with E-state index in [1.54, 1.807) is 7.11 Å². The van der Waals surface area contributed by atoms with Gasteiger partial charge in [-0.05, 0) is 25.9 Å². The van der Waals surface area contributed by atoms with Gasteiger partial charge in [0.1, 0.15) is 6.61 Å². The Labute approximate surface area is 92.2 Å². The van der Waals surface area contributed by atoms with Gasteiger partial charge in [-0.1, -0.05) is 6.92 Å². The van der Waals surface area contributed by atoms with Crippen molar-refractivity contribution in [1.82, 2.24) is 9.80 Å². The summed E-state index contributed by atoms with van der Waals surface area (Å²) in [7, 11) is 1.57. The van der Waals surface area contributed by atoms with E-state index in [2.05, 4.69) is 11.8 Å². The molecule has 1 fully saturated rings. The fourth-order valence-electron chi connectivity index (χ4n) is 1.97. The molecular formula is C11H22N2O2. The summed E-state index contributed by atoms with van der Waals surface area (Å²) in [6.07, 6.45) is 2.27. The molecule has 0 saturated carbocycles. The van der Waals surface area contributed by atoms with Crippen LogP contribution in [-0.2, 0) is 9.53 Å². The Hall–Kier alpha value is -0.610. The lowest BCUT2D eigenvalue weighted by molar-refractivity contribution is -0.135. The number of carbonyl (C=O) groups excluding carboxylic acids is 1. The van der Waals surface area contributed by atoms with Crippen molar-refractivity contribution in [2.45, 2.75) is 19.8 Å². The molecular weight excluding hydrogens is 192 g/mol. The second-order valence-electron chi connectivity index (χ2n) is 4.01. The van der Waals surface area contributed by atoms with E-state index in [1.165, 1.54) is 6.42 Å². The summed E-state index contributed by atoms with van der Waals surface area (Å²) in [5, 5.41) is 0. The van der Waals surface area contributed by atoms with Crippen molar-refractivity contribution < 1.29 is 9.53 Å². The lowest BCUT2D eigenvalue weighted by atomic mass is 10.3. The third kappa shape index (κ3) is 4.18. The predicted molar refractivity (Wildman–Crippen MR) is 59.8 cm³/mol. The zero-order valence-electron chi connectivity index (χ0n) is 9.87. The lowest BCUT2D eigenvalue weighted by Crippen LogP contribution is -2.37. The second kappa shape index (κ2) is 6.80. The smallest absolute Gasteiger partial charge is 0.248 e. The number of methoxy groups -OCH3 is 1. The summed E-state index contributed by atoms with van der Waals surface area (Å²) >= 11 is 0. The number of ether oxygens (including phenoxy) is 1. The highest BCUT2D eigenvalue weighted by atomic mass is 16.5. The first kappa shape index (κ1) is 12.5. The van der Waals surface area contributed by atoms with Gasteiger partial charge in [-0.15, -0.1) is 0 Å². The maximum Gasteiger partial charge on any atom is 0.248 e. The van der Waals surface area contributed by atoms with Gasteiger partial charge in [0.15, 0.2) is 0 Å². The van der Waals surface area contributed by atoms with Gasteiger partial charge in [0, 0.05) is 26.7 Å². The average molecular weight is 214 g/mol. The number of amides is 1. The molecule has 1 rings (SSSR count). The first-order valence-electron chi connectivity index (χ1n) is 5.77. The number of hydrogen-bond acceptors (Lipinski definition) is 3. The molecule has 0 aromatic heterocycles. The number of carbonyl (C=O) groups is 1. The molecule has 0 N–H and O–H groups in total. The van der Waals surface area contributed by atoms with Crippen LogP contribution in [0.3, 0.4) is 0 Å². The SMILES string of the molecule is CCCN1CCCN(C(=O)COC)CC1. The van der Waals surface area contributed by atoms with Crippen LogP contribution in [0.25, 0.3) is 0 Å². The highest BCUT2D eigenvalue weighted by Crippen LogP contribution is 2.04. The van der Waals surface area contributed by atoms with Gasteiger partial charge in [0.05, 0.1) is 0 Å². The number of rotatable bonds is 4. The molecule has 1 heterocycles. The minimum absolute atomic E-state index is 0.121. The van der Waals surface area contributed by atoms with Crippen LogP contribution in [0.5, 0.6) is 0 Å². The van der Waals surface area contributed by atoms with Crippen LogP contribution in [0.15, 0.2) is 0 Å². The van der Waals surface area contributed by atoms with Gasteiger partial charge < -0.3 is 14.5 Å². The molecule has 0 unspecified atom stereocenters. The molecule has 0 aromatic rings. The van der Waals surface area contributed by atoms with Crippen molar-refractivity contribution in [3.63, 3.8) is 0 Å². The standard InChI is InChI=1S/C11H22N2O2/c1-3-5-12-6-4-7-13(9-8-12)11(14)10-15-2/h3-10H2,1-2H3. The van der Waals surface area contributed by atoms with Crippen molar-refractivity contribution in [1.29, 1.82) is 0 Å². The molecule has 4 nitrogen and oxygen atoms in total. The molecule has 1 saturated heterocycles. The topological polar surface area (TPSA) is 32.8 Å². The molecule has 1 amide bonds. The van der Waals surface area contributed by atoms with E-state index in [0.717, 1.165) is 39.1 Å². The Bertz CT molecular complexity index is 197. The fraction of sp³-hybridized carbons (Fsp3) is 0.909. The van der Waals surface area contributed by atoms with E-state index in [1.807, 2.05) is 4.90 Å². The first-order chi connectivity index (χ1) is 7.27. The van der Waals surface area contributed by atoms with Crippen LogP contribution >= 0.6 is 0 Å². The van der Waals surface area contributed by atoms with E-state index in [0.29, 0.717) is 0 Å². The van der Waals surface area contributed by atoms with Crippen LogP contribution in [-0.4, -0.2) is 62.1 Å². The normalized spacial score (nSPS) is 18.9. The maximum absolute atomic E-state index is 11.6.